The first-order chi connectivity index (χ1) is 12.0. The van der Waals surface area contributed by atoms with Crippen molar-refractivity contribution < 1.29 is 9.59 Å². The quantitative estimate of drug-likeness (QED) is 0.927. The highest BCUT2D eigenvalue weighted by atomic mass is 16.2. The number of hydrogen-bond donors (Lipinski definition) is 1. The molecule has 0 unspecified atom stereocenters. The largest absolute Gasteiger partial charge is 0.365 e. The maximum absolute atomic E-state index is 12.5. The van der Waals surface area contributed by atoms with E-state index < -0.39 is 0 Å². The monoisotopic (exact) mass is 339 g/mol. The summed E-state index contributed by atoms with van der Waals surface area (Å²) in [6.07, 6.45) is 2.65. The van der Waals surface area contributed by atoms with Crippen molar-refractivity contribution in [3.05, 3.63) is 58.9 Å². The normalized spacial score (nSPS) is 14.6. The molecule has 1 N–H and O–H groups in total. The Morgan fingerprint density at radius 2 is 1.56 bits per heavy atom. The van der Waals surface area contributed by atoms with E-state index in [2.05, 4.69) is 31.0 Å². The molecule has 5 nitrogen and oxygen atoms in total. The summed E-state index contributed by atoms with van der Waals surface area (Å²) in [5, 5.41) is 0. The van der Waals surface area contributed by atoms with E-state index in [-0.39, 0.29) is 11.8 Å². The summed E-state index contributed by atoms with van der Waals surface area (Å²) in [6, 6.07) is 9.99. The van der Waals surface area contributed by atoms with E-state index in [1.807, 2.05) is 34.2 Å². The molecule has 2 heterocycles. The van der Waals surface area contributed by atoms with Crippen molar-refractivity contribution in [3.8, 4) is 0 Å². The van der Waals surface area contributed by atoms with Crippen LogP contribution >= 0.6 is 0 Å². The highest BCUT2D eigenvalue weighted by Crippen LogP contribution is 2.13. The minimum Gasteiger partial charge on any atom is -0.365 e. The summed E-state index contributed by atoms with van der Waals surface area (Å²) in [5.74, 6) is 0.253. The van der Waals surface area contributed by atoms with Crippen molar-refractivity contribution in [1.82, 2.24) is 14.8 Å². The van der Waals surface area contributed by atoms with Crippen molar-refractivity contribution in [2.24, 2.45) is 0 Å². The van der Waals surface area contributed by atoms with Gasteiger partial charge in [-0.25, -0.2) is 0 Å². The zero-order chi connectivity index (χ0) is 17.8. The third-order valence-electron chi connectivity index (χ3n) is 4.92. The molecule has 1 aliphatic heterocycles. The van der Waals surface area contributed by atoms with Crippen molar-refractivity contribution in [3.63, 3.8) is 0 Å². The van der Waals surface area contributed by atoms with Crippen LogP contribution in [0.2, 0.25) is 0 Å². The van der Waals surface area contributed by atoms with Gasteiger partial charge in [0.1, 0.15) is 0 Å². The van der Waals surface area contributed by atoms with E-state index in [0.29, 0.717) is 39.0 Å². The fourth-order valence-corrected chi connectivity index (χ4v) is 3.16. The number of nitrogens with one attached hydrogen (secondary N) is 1. The number of rotatable bonds is 4. The number of H-pyrrole nitrogens is 1. The highest BCUT2D eigenvalue weighted by molar-refractivity contribution is 5.80. The molecule has 0 saturated carbocycles. The Labute approximate surface area is 148 Å². The Kier molecular flexibility index (Phi) is 5.22. The van der Waals surface area contributed by atoms with Crippen LogP contribution in [0, 0.1) is 13.8 Å². The van der Waals surface area contributed by atoms with Crippen LogP contribution in [0.5, 0.6) is 0 Å². The molecule has 0 atom stereocenters. The lowest BCUT2D eigenvalue weighted by Crippen LogP contribution is -2.51. The Bertz CT molecular complexity index is 744. The van der Waals surface area contributed by atoms with E-state index in [0.717, 1.165) is 11.3 Å². The molecule has 0 aliphatic carbocycles. The van der Waals surface area contributed by atoms with Crippen LogP contribution in [0.4, 0.5) is 0 Å². The average Bonchev–Trinajstić information content (AvgIpc) is 3.11. The SMILES string of the molecule is Cc1ccc(CC(=O)N2CCN(C(=O)Cc3ccc[nH]3)CC2)cc1C. The van der Waals surface area contributed by atoms with Gasteiger partial charge in [-0.2, -0.15) is 0 Å². The van der Waals surface area contributed by atoms with Crippen LogP contribution in [-0.4, -0.2) is 52.8 Å². The number of hydrogen-bond acceptors (Lipinski definition) is 2. The van der Waals surface area contributed by atoms with Gasteiger partial charge < -0.3 is 14.8 Å². The number of benzene rings is 1. The molecular formula is C20H25N3O2. The number of amides is 2. The van der Waals surface area contributed by atoms with Crippen molar-refractivity contribution in [2.75, 3.05) is 26.2 Å². The maximum Gasteiger partial charge on any atom is 0.228 e. The van der Waals surface area contributed by atoms with Gasteiger partial charge in [0.15, 0.2) is 0 Å². The fraction of sp³-hybridized carbons (Fsp3) is 0.400. The molecule has 1 aromatic carbocycles. The molecule has 1 aromatic heterocycles. The number of aromatic nitrogens is 1. The second kappa shape index (κ2) is 7.55. The summed E-state index contributed by atoms with van der Waals surface area (Å²) in [6.45, 7) is 6.58. The molecule has 25 heavy (non-hydrogen) atoms. The Morgan fingerprint density at radius 1 is 0.920 bits per heavy atom. The Morgan fingerprint density at radius 3 is 2.12 bits per heavy atom. The van der Waals surface area contributed by atoms with Gasteiger partial charge in [0.05, 0.1) is 12.8 Å². The van der Waals surface area contributed by atoms with Gasteiger partial charge in [0.2, 0.25) is 11.8 Å². The molecule has 1 saturated heterocycles. The first-order valence-corrected chi connectivity index (χ1v) is 8.77. The molecule has 3 rings (SSSR count). The third kappa shape index (κ3) is 4.29. The smallest absolute Gasteiger partial charge is 0.228 e. The number of carbonyl (C=O) groups excluding carboxylic acids is 2. The fourth-order valence-electron chi connectivity index (χ4n) is 3.16. The van der Waals surface area contributed by atoms with Crippen LogP contribution < -0.4 is 0 Å². The van der Waals surface area contributed by atoms with E-state index >= 15 is 0 Å². The van der Waals surface area contributed by atoms with Crippen LogP contribution in [0.15, 0.2) is 36.5 Å². The predicted octanol–water partition coefficient (Wildman–Crippen LogP) is 2.09. The lowest BCUT2D eigenvalue weighted by molar-refractivity contribution is -0.138. The molecule has 2 amide bonds. The van der Waals surface area contributed by atoms with Crippen molar-refractivity contribution >= 4 is 11.8 Å². The lowest BCUT2D eigenvalue weighted by atomic mass is 10.0. The van der Waals surface area contributed by atoms with Crippen LogP contribution in [0.1, 0.15) is 22.4 Å². The molecule has 2 aromatic rings. The molecule has 1 aliphatic rings. The van der Waals surface area contributed by atoms with Crippen LogP contribution in [0.3, 0.4) is 0 Å². The molecular weight excluding hydrogens is 314 g/mol. The minimum atomic E-state index is 0.115. The van der Waals surface area contributed by atoms with Crippen molar-refractivity contribution in [1.29, 1.82) is 0 Å². The zero-order valence-electron chi connectivity index (χ0n) is 14.9. The van der Waals surface area contributed by atoms with Gasteiger partial charge in [-0.1, -0.05) is 18.2 Å². The van der Waals surface area contributed by atoms with Gasteiger partial charge >= 0.3 is 0 Å². The second-order valence-corrected chi connectivity index (χ2v) is 6.73. The number of nitrogens with zero attached hydrogens (tertiary/aromatic N) is 2. The number of aryl methyl sites for hydroxylation is 2. The van der Waals surface area contributed by atoms with Crippen LogP contribution in [0.25, 0.3) is 0 Å². The summed E-state index contributed by atoms with van der Waals surface area (Å²) >= 11 is 0. The maximum atomic E-state index is 12.5. The minimum absolute atomic E-state index is 0.115. The van der Waals surface area contributed by atoms with Gasteiger partial charge in [-0.05, 0) is 42.7 Å². The zero-order valence-corrected chi connectivity index (χ0v) is 14.9. The highest BCUT2D eigenvalue weighted by Gasteiger charge is 2.24. The first kappa shape index (κ1) is 17.3. The summed E-state index contributed by atoms with van der Waals surface area (Å²) in [7, 11) is 0. The predicted molar refractivity (Wildman–Crippen MR) is 97.3 cm³/mol. The lowest BCUT2D eigenvalue weighted by Gasteiger charge is -2.35. The second-order valence-electron chi connectivity index (χ2n) is 6.73. The van der Waals surface area contributed by atoms with E-state index in [1.165, 1.54) is 11.1 Å². The van der Waals surface area contributed by atoms with E-state index in [4.69, 9.17) is 0 Å². The van der Waals surface area contributed by atoms with E-state index in [1.54, 1.807) is 0 Å². The number of carbonyl (C=O) groups is 2. The van der Waals surface area contributed by atoms with Crippen LogP contribution in [-0.2, 0) is 22.4 Å². The van der Waals surface area contributed by atoms with Crippen molar-refractivity contribution in [2.45, 2.75) is 26.7 Å². The Hall–Kier alpha value is -2.56. The number of piperazine rings is 1. The van der Waals surface area contributed by atoms with Gasteiger partial charge in [-0.15, -0.1) is 0 Å². The van der Waals surface area contributed by atoms with Gasteiger partial charge in [0.25, 0.3) is 0 Å². The Balaban J connectivity index is 1.50. The molecule has 0 spiro atoms. The molecule has 5 heteroatoms. The molecule has 1 fully saturated rings. The third-order valence-corrected chi connectivity index (χ3v) is 4.92. The summed E-state index contributed by atoms with van der Waals surface area (Å²) < 4.78 is 0. The average molecular weight is 339 g/mol. The van der Waals surface area contributed by atoms with E-state index in [9.17, 15) is 9.59 Å². The summed E-state index contributed by atoms with van der Waals surface area (Å²) in [5.41, 5.74) is 4.44. The van der Waals surface area contributed by atoms with Gasteiger partial charge in [-0.3, -0.25) is 9.59 Å². The topological polar surface area (TPSA) is 56.4 Å². The molecule has 0 bridgehead atoms. The van der Waals surface area contributed by atoms with Gasteiger partial charge in [0, 0.05) is 38.1 Å². The standard InChI is InChI=1S/C20H25N3O2/c1-15-5-6-17(12-16(15)2)13-19(24)22-8-10-23(11-9-22)20(25)14-18-4-3-7-21-18/h3-7,12,21H,8-11,13-14H2,1-2H3. The first-order valence-electron chi connectivity index (χ1n) is 8.77. The number of aromatic amines is 1. The molecule has 0 radical (unpaired) electrons. The summed E-state index contributed by atoms with van der Waals surface area (Å²) in [4.78, 5) is 31.6. The molecule has 132 valence electrons.